The quantitative estimate of drug-likeness (QED) is 0.109. The van der Waals surface area contributed by atoms with E-state index < -0.39 is 0 Å². The summed E-state index contributed by atoms with van der Waals surface area (Å²) in [5.41, 5.74) is 34.4. The van der Waals surface area contributed by atoms with Gasteiger partial charge in [0.2, 0.25) is 11.9 Å². The van der Waals surface area contributed by atoms with Crippen LogP contribution in [0.4, 0.5) is 0 Å². The molecule has 18 aromatic carbocycles. The molecule has 0 aliphatic carbocycles. The fraction of sp³-hybridized carbons (Fsp3) is 0. The van der Waals surface area contributed by atoms with E-state index in [9.17, 15) is 0 Å². The van der Waals surface area contributed by atoms with Crippen LogP contribution in [-0.2, 0) is 0 Å². The molecule has 8 heteroatoms. The van der Waals surface area contributed by atoms with Crippen molar-refractivity contribution in [3.05, 3.63) is 462 Å². The minimum absolute atomic E-state index is 0.639. The van der Waals surface area contributed by atoms with E-state index in [2.05, 4.69) is 455 Å². The minimum atomic E-state index is 0.639. The molecule has 6 aromatic heterocycles. The topological polar surface area (TPSA) is 71.3 Å². The largest absolute Gasteiger partial charge is 0.309 e. The van der Waals surface area contributed by atoms with Crippen LogP contribution in [0.1, 0.15) is 0 Å². The first-order valence-corrected chi connectivity index (χ1v) is 42.1. The molecule has 24 rings (SSSR count). The van der Waals surface area contributed by atoms with Gasteiger partial charge in [0.05, 0.1) is 44.1 Å². The number of hydrogen-bond acceptors (Lipinski definition) is 4. The van der Waals surface area contributed by atoms with Crippen molar-refractivity contribution in [1.29, 1.82) is 0 Å². The van der Waals surface area contributed by atoms with Crippen LogP contribution in [0.15, 0.2) is 462 Å². The van der Waals surface area contributed by atoms with E-state index in [4.69, 9.17) is 19.9 Å². The van der Waals surface area contributed by atoms with Crippen molar-refractivity contribution in [2.75, 3.05) is 0 Å². The number of aromatic nitrogens is 8. The molecule has 0 unspecified atom stereocenters. The van der Waals surface area contributed by atoms with E-state index in [0.29, 0.717) is 11.9 Å². The van der Waals surface area contributed by atoms with Crippen molar-refractivity contribution in [3.8, 4) is 135 Å². The SMILES string of the molecule is c1ccc(-c2ccc(-c3ccc(-c4cnc(-n5c6ccccc6c6cc(-c7ccc8c9ccccc9n(-c9ccccc9)c8c7)ccc65)nc4)cc3-c3ccccc3)cc2)cc1.c1ccc(-c2ccccc2-c2ccc(-c3ccc(-c4cnc(-n5c6ccccc6c6cc(-c7ccc8c9ccccc9n(-c9ccccc9)c8c7)ccc65)nc4)cc3)cc2)cc1. The van der Waals surface area contributed by atoms with Crippen molar-refractivity contribution in [2.24, 2.45) is 0 Å². The van der Waals surface area contributed by atoms with Crippen molar-refractivity contribution in [3.63, 3.8) is 0 Å². The molecule has 124 heavy (non-hydrogen) atoms. The number of nitrogens with zero attached hydrogens (tertiary/aromatic N) is 8. The van der Waals surface area contributed by atoms with Gasteiger partial charge in [-0.15, -0.1) is 0 Å². The minimum Gasteiger partial charge on any atom is -0.309 e. The normalized spacial score (nSPS) is 11.5. The summed E-state index contributed by atoms with van der Waals surface area (Å²) < 4.78 is 9.12. The molecule has 0 saturated heterocycles. The summed E-state index contributed by atoms with van der Waals surface area (Å²) in [4.78, 5) is 20.0. The zero-order valence-corrected chi connectivity index (χ0v) is 67.5. The number of para-hydroxylation sites is 6. The van der Waals surface area contributed by atoms with Crippen molar-refractivity contribution < 1.29 is 0 Å². The fourth-order valence-corrected chi connectivity index (χ4v) is 18.5. The van der Waals surface area contributed by atoms with Crippen molar-refractivity contribution in [1.82, 2.24) is 38.2 Å². The highest BCUT2D eigenvalue weighted by Crippen LogP contribution is 2.44. The Morgan fingerprint density at radius 2 is 0.371 bits per heavy atom. The molecule has 8 nitrogen and oxygen atoms in total. The Kier molecular flexibility index (Phi) is 18.1. The van der Waals surface area contributed by atoms with Crippen LogP contribution in [0.25, 0.3) is 222 Å². The molecular formula is C116H76N8. The van der Waals surface area contributed by atoms with Gasteiger partial charge in [-0.25, -0.2) is 19.9 Å². The van der Waals surface area contributed by atoms with Crippen LogP contribution in [0.2, 0.25) is 0 Å². The van der Waals surface area contributed by atoms with Gasteiger partial charge in [0, 0.05) is 90.4 Å². The Balaban J connectivity index is 0.000000143. The van der Waals surface area contributed by atoms with Crippen LogP contribution in [0.3, 0.4) is 0 Å². The monoisotopic (exact) mass is 1580 g/mol. The Bertz CT molecular complexity index is 8140. The maximum atomic E-state index is 5.04. The zero-order valence-electron chi connectivity index (χ0n) is 67.5. The average Bonchev–Trinajstić information content (AvgIpc) is 1.59. The van der Waals surface area contributed by atoms with Gasteiger partial charge in [-0.1, -0.05) is 346 Å². The molecule has 0 amide bonds. The Morgan fingerprint density at radius 3 is 0.782 bits per heavy atom. The van der Waals surface area contributed by atoms with E-state index in [1.807, 2.05) is 24.8 Å². The first-order valence-electron chi connectivity index (χ1n) is 42.1. The summed E-state index contributed by atoms with van der Waals surface area (Å²) in [6.07, 6.45) is 7.78. The smallest absolute Gasteiger partial charge is 0.234 e. The van der Waals surface area contributed by atoms with Crippen LogP contribution < -0.4 is 0 Å². The standard InChI is InChI=1S/2C58H38N4/c1-4-14-39(15-5-1)40-24-26-42(27-25-40)48-31-28-44(34-52(48)41-16-6-2-7-17-41)46-37-59-58(60-38-46)62-55-23-13-11-21-50(55)53-35-43(30-33-56(53)62)45-29-32-51-49-20-10-12-22-54(49)61(57(51)36-45)47-18-8-3-9-19-47;1-3-13-42(14-4-1)48-17-7-8-18-49(48)43-29-27-40(28-30-43)39-23-25-41(26-24-39)46-37-59-58(60-38-46)62-55-22-12-10-20-51(55)53-35-44(32-34-56(53)62)45-31-33-52-50-19-9-11-21-54(50)61(57(52)36-45)47-15-5-2-6-16-47/h2*1-38H. The molecule has 0 saturated carbocycles. The lowest BCUT2D eigenvalue weighted by molar-refractivity contribution is 0.990. The number of fused-ring (bicyclic) bond motifs is 12. The lowest BCUT2D eigenvalue weighted by Crippen LogP contribution is -2.00. The summed E-state index contributed by atoms with van der Waals surface area (Å²) in [5.74, 6) is 1.28. The molecule has 0 aliphatic heterocycles. The summed E-state index contributed by atoms with van der Waals surface area (Å²) in [6, 6.07) is 156. The third-order valence-electron chi connectivity index (χ3n) is 24.6. The van der Waals surface area contributed by atoms with E-state index in [1.165, 1.54) is 121 Å². The maximum Gasteiger partial charge on any atom is 0.234 e. The van der Waals surface area contributed by atoms with Gasteiger partial charge in [-0.05, 0) is 191 Å². The lowest BCUT2D eigenvalue weighted by Gasteiger charge is -2.14. The van der Waals surface area contributed by atoms with E-state index in [1.54, 1.807) is 0 Å². The van der Waals surface area contributed by atoms with E-state index >= 15 is 0 Å². The summed E-state index contributed by atoms with van der Waals surface area (Å²) in [5, 5.41) is 9.65. The predicted molar refractivity (Wildman–Crippen MR) is 516 cm³/mol. The van der Waals surface area contributed by atoms with Crippen molar-refractivity contribution >= 4 is 87.2 Å². The molecule has 24 aromatic rings. The molecule has 0 radical (unpaired) electrons. The summed E-state index contributed by atoms with van der Waals surface area (Å²) in [6.45, 7) is 0. The number of hydrogen-bond donors (Lipinski definition) is 0. The maximum absolute atomic E-state index is 5.04. The molecule has 0 N–H and O–H groups in total. The van der Waals surface area contributed by atoms with Gasteiger partial charge >= 0.3 is 0 Å². The fourth-order valence-electron chi connectivity index (χ4n) is 18.5. The van der Waals surface area contributed by atoms with Gasteiger partial charge in [0.15, 0.2) is 0 Å². The molecule has 0 bridgehead atoms. The molecule has 0 fully saturated rings. The molecule has 6 heterocycles. The highest BCUT2D eigenvalue weighted by atomic mass is 15.2. The van der Waals surface area contributed by atoms with Crippen LogP contribution in [-0.4, -0.2) is 38.2 Å². The Morgan fingerprint density at radius 1 is 0.129 bits per heavy atom. The van der Waals surface area contributed by atoms with E-state index in [0.717, 1.165) is 88.7 Å². The Labute approximate surface area is 716 Å². The molecule has 580 valence electrons. The average molecular weight is 1580 g/mol. The lowest BCUT2D eigenvalue weighted by atomic mass is 9.91. The van der Waals surface area contributed by atoms with Crippen LogP contribution in [0.5, 0.6) is 0 Å². The third kappa shape index (κ3) is 13.0. The van der Waals surface area contributed by atoms with Gasteiger partial charge in [0.25, 0.3) is 0 Å². The van der Waals surface area contributed by atoms with Crippen LogP contribution >= 0.6 is 0 Å². The summed E-state index contributed by atoms with van der Waals surface area (Å²) in [7, 11) is 0. The zero-order chi connectivity index (χ0) is 82.0. The number of benzene rings is 18. The van der Waals surface area contributed by atoms with E-state index in [-0.39, 0.29) is 0 Å². The van der Waals surface area contributed by atoms with Gasteiger partial charge in [-0.3, -0.25) is 9.13 Å². The molecule has 0 atom stereocenters. The number of rotatable bonds is 14. The highest BCUT2D eigenvalue weighted by molar-refractivity contribution is 6.15. The first-order chi connectivity index (χ1) is 61.5. The molecular weight excluding hydrogens is 1510 g/mol. The third-order valence-corrected chi connectivity index (χ3v) is 24.6. The molecule has 0 spiro atoms. The van der Waals surface area contributed by atoms with Gasteiger partial charge < -0.3 is 9.13 Å². The second-order valence-corrected chi connectivity index (χ2v) is 31.7. The van der Waals surface area contributed by atoms with Gasteiger partial charge in [-0.2, -0.15) is 0 Å². The second-order valence-electron chi connectivity index (χ2n) is 31.7. The second kappa shape index (κ2) is 30.9. The van der Waals surface area contributed by atoms with Crippen LogP contribution in [0, 0.1) is 0 Å². The Hall–Kier alpha value is -16.7. The highest BCUT2D eigenvalue weighted by Gasteiger charge is 2.22. The van der Waals surface area contributed by atoms with Crippen molar-refractivity contribution in [2.45, 2.75) is 0 Å². The van der Waals surface area contributed by atoms with Gasteiger partial charge in [0.1, 0.15) is 0 Å². The summed E-state index contributed by atoms with van der Waals surface area (Å²) >= 11 is 0. The first kappa shape index (κ1) is 72.5. The molecule has 0 aliphatic rings. The predicted octanol–water partition coefficient (Wildman–Crippen LogP) is 30.0.